The first-order chi connectivity index (χ1) is 8.81. The van der Waals surface area contributed by atoms with E-state index in [0.29, 0.717) is 24.8 Å². The minimum atomic E-state index is -2.95. The average molecular weight is 291 g/mol. The van der Waals surface area contributed by atoms with Gasteiger partial charge in [0, 0.05) is 18.1 Å². The molecule has 1 unspecified atom stereocenters. The van der Waals surface area contributed by atoms with Gasteiger partial charge in [0.15, 0.2) is 11.6 Å². The summed E-state index contributed by atoms with van der Waals surface area (Å²) in [6.45, 7) is 0. The van der Waals surface area contributed by atoms with Gasteiger partial charge in [0.05, 0.1) is 0 Å². The molecule has 3 nitrogen and oxygen atoms in total. The lowest BCUT2D eigenvalue weighted by Gasteiger charge is -2.16. The van der Waals surface area contributed by atoms with Crippen LogP contribution < -0.4 is 5.32 Å². The van der Waals surface area contributed by atoms with Crippen LogP contribution in [0.2, 0.25) is 0 Å². The molecule has 1 aromatic rings. The number of hydrogen-bond acceptors (Lipinski definition) is 3. The number of likely N-dealkylation sites (N-methyl/N-ethyl adjacent to an activating group) is 1. The second kappa shape index (κ2) is 6.96. The molecular weight excluding hydrogens is 272 g/mol. The molecule has 0 saturated carbocycles. The minimum absolute atomic E-state index is 0.0478. The van der Waals surface area contributed by atoms with Crippen molar-refractivity contribution in [3.05, 3.63) is 35.4 Å². The Balaban J connectivity index is 2.54. The fourth-order valence-corrected chi connectivity index (χ4v) is 2.58. The summed E-state index contributed by atoms with van der Waals surface area (Å²) in [5, 5.41) is 3.06. The molecule has 0 amide bonds. The molecule has 0 aliphatic rings. The van der Waals surface area contributed by atoms with Crippen LogP contribution in [0.5, 0.6) is 0 Å². The lowest BCUT2D eigenvalue weighted by atomic mass is 10.0. The van der Waals surface area contributed by atoms with Gasteiger partial charge in [0.25, 0.3) is 0 Å². The fraction of sp³-hybridized carbons (Fsp3) is 0.538. The van der Waals surface area contributed by atoms with Crippen molar-refractivity contribution >= 4 is 9.84 Å². The Bertz CT molecular complexity index is 517. The van der Waals surface area contributed by atoms with E-state index in [1.807, 2.05) is 0 Å². The van der Waals surface area contributed by atoms with Crippen molar-refractivity contribution in [2.24, 2.45) is 0 Å². The van der Waals surface area contributed by atoms with Gasteiger partial charge in [-0.2, -0.15) is 0 Å². The van der Waals surface area contributed by atoms with Crippen molar-refractivity contribution in [1.29, 1.82) is 0 Å². The van der Waals surface area contributed by atoms with Crippen molar-refractivity contribution in [1.82, 2.24) is 5.32 Å². The molecule has 0 aromatic heterocycles. The van der Waals surface area contributed by atoms with Crippen molar-refractivity contribution in [2.45, 2.75) is 25.3 Å². The van der Waals surface area contributed by atoms with E-state index in [2.05, 4.69) is 5.32 Å². The zero-order valence-electron chi connectivity index (χ0n) is 11.1. The molecule has 1 rings (SSSR count). The summed E-state index contributed by atoms with van der Waals surface area (Å²) < 4.78 is 47.9. The number of benzene rings is 1. The van der Waals surface area contributed by atoms with E-state index in [1.165, 1.54) is 12.3 Å². The van der Waals surface area contributed by atoms with Crippen LogP contribution in [-0.4, -0.2) is 33.5 Å². The molecule has 0 aliphatic carbocycles. The van der Waals surface area contributed by atoms with Crippen LogP contribution in [0.3, 0.4) is 0 Å². The SMILES string of the molecule is CNC(CCCS(C)(=O)=O)Cc1ccc(F)c(F)c1. The molecule has 0 spiro atoms. The van der Waals surface area contributed by atoms with Crippen molar-refractivity contribution in [2.75, 3.05) is 19.1 Å². The molecule has 0 radical (unpaired) electrons. The maximum Gasteiger partial charge on any atom is 0.159 e. The Kier molecular flexibility index (Phi) is 5.87. The third-order valence-corrected chi connectivity index (χ3v) is 3.97. The predicted octanol–water partition coefficient (Wildman–Crippen LogP) is 1.92. The Morgan fingerprint density at radius 2 is 1.95 bits per heavy atom. The number of hydrogen-bond donors (Lipinski definition) is 1. The summed E-state index contributed by atoms with van der Waals surface area (Å²) in [5.74, 6) is -1.58. The number of nitrogens with one attached hydrogen (secondary N) is 1. The molecule has 108 valence electrons. The van der Waals surface area contributed by atoms with Crippen LogP contribution in [0.15, 0.2) is 18.2 Å². The van der Waals surface area contributed by atoms with E-state index in [4.69, 9.17) is 0 Å². The molecule has 0 aliphatic heterocycles. The van der Waals surface area contributed by atoms with Crippen LogP contribution in [0.4, 0.5) is 8.78 Å². The second-order valence-electron chi connectivity index (χ2n) is 4.71. The fourth-order valence-electron chi connectivity index (χ4n) is 1.89. The van der Waals surface area contributed by atoms with Crippen molar-refractivity contribution in [3.63, 3.8) is 0 Å². The van der Waals surface area contributed by atoms with E-state index in [-0.39, 0.29) is 11.8 Å². The minimum Gasteiger partial charge on any atom is -0.317 e. The van der Waals surface area contributed by atoms with Gasteiger partial charge in [-0.1, -0.05) is 6.07 Å². The molecule has 0 fully saturated rings. The maximum absolute atomic E-state index is 13.1. The highest BCUT2D eigenvalue weighted by Gasteiger charge is 2.11. The van der Waals surface area contributed by atoms with Gasteiger partial charge in [0.1, 0.15) is 9.84 Å². The van der Waals surface area contributed by atoms with Crippen LogP contribution in [0, 0.1) is 11.6 Å². The molecule has 1 atom stereocenters. The Morgan fingerprint density at radius 1 is 1.26 bits per heavy atom. The smallest absolute Gasteiger partial charge is 0.159 e. The normalized spacial score (nSPS) is 13.5. The Hall–Kier alpha value is -1.01. The molecule has 0 heterocycles. The summed E-state index contributed by atoms with van der Waals surface area (Å²) >= 11 is 0. The molecule has 0 bridgehead atoms. The van der Waals surface area contributed by atoms with E-state index in [1.54, 1.807) is 13.1 Å². The summed E-state index contributed by atoms with van der Waals surface area (Å²) in [5.41, 5.74) is 0.692. The lowest BCUT2D eigenvalue weighted by Crippen LogP contribution is -2.28. The molecule has 6 heteroatoms. The van der Waals surface area contributed by atoms with Crippen LogP contribution >= 0.6 is 0 Å². The Labute approximate surface area is 112 Å². The average Bonchev–Trinajstić information content (AvgIpc) is 2.31. The summed E-state index contributed by atoms with van der Waals surface area (Å²) in [7, 11) is -1.18. The van der Waals surface area contributed by atoms with E-state index in [0.717, 1.165) is 6.07 Å². The second-order valence-corrected chi connectivity index (χ2v) is 6.97. The highest BCUT2D eigenvalue weighted by Crippen LogP contribution is 2.12. The Morgan fingerprint density at radius 3 is 2.47 bits per heavy atom. The van der Waals surface area contributed by atoms with Crippen molar-refractivity contribution < 1.29 is 17.2 Å². The molecule has 1 N–H and O–H groups in total. The number of halogens is 2. The van der Waals surface area contributed by atoms with Gasteiger partial charge in [-0.05, 0) is 44.0 Å². The van der Waals surface area contributed by atoms with Gasteiger partial charge >= 0.3 is 0 Å². The van der Waals surface area contributed by atoms with Gasteiger partial charge in [-0.25, -0.2) is 17.2 Å². The van der Waals surface area contributed by atoms with Crippen LogP contribution in [0.1, 0.15) is 18.4 Å². The largest absolute Gasteiger partial charge is 0.317 e. The highest BCUT2D eigenvalue weighted by atomic mass is 32.2. The number of sulfone groups is 1. The summed E-state index contributed by atoms with van der Waals surface area (Å²) in [4.78, 5) is 0. The molecule has 0 saturated heterocycles. The van der Waals surface area contributed by atoms with Gasteiger partial charge in [0.2, 0.25) is 0 Å². The molecular formula is C13H19F2NO2S. The summed E-state index contributed by atoms with van der Waals surface area (Å²) in [6, 6.07) is 3.87. The zero-order chi connectivity index (χ0) is 14.5. The van der Waals surface area contributed by atoms with Crippen LogP contribution in [0.25, 0.3) is 0 Å². The third kappa shape index (κ3) is 6.11. The molecule has 19 heavy (non-hydrogen) atoms. The van der Waals surface area contributed by atoms with E-state index < -0.39 is 21.5 Å². The first kappa shape index (κ1) is 16.0. The molecule has 1 aromatic carbocycles. The van der Waals surface area contributed by atoms with Crippen LogP contribution in [-0.2, 0) is 16.3 Å². The van der Waals surface area contributed by atoms with Gasteiger partial charge in [-0.3, -0.25) is 0 Å². The first-order valence-electron chi connectivity index (χ1n) is 6.10. The topological polar surface area (TPSA) is 46.2 Å². The lowest BCUT2D eigenvalue weighted by molar-refractivity contribution is 0.494. The number of rotatable bonds is 7. The monoisotopic (exact) mass is 291 g/mol. The maximum atomic E-state index is 13.1. The third-order valence-electron chi connectivity index (χ3n) is 2.94. The quantitative estimate of drug-likeness (QED) is 0.835. The predicted molar refractivity (Wildman–Crippen MR) is 71.9 cm³/mol. The van der Waals surface area contributed by atoms with Crippen molar-refractivity contribution in [3.8, 4) is 0 Å². The van der Waals surface area contributed by atoms with Gasteiger partial charge < -0.3 is 5.32 Å². The standard InChI is InChI=1S/C13H19F2NO2S/c1-16-11(4-3-7-19(2,17)18)8-10-5-6-12(14)13(15)9-10/h5-6,9,11,16H,3-4,7-8H2,1-2H3. The highest BCUT2D eigenvalue weighted by molar-refractivity contribution is 7.90. The van der Waals surface area contributed by atoms with E-state index in [9.17, 15) is 17.2 Å². The zero-order valence-corrected chi connectivity index (χ0v) is 11.9. The summed E-state index contributed by atoms with van der Waals surface area (Å²) in [6.07, 6.45) is 2.96. The van der Waals surface area contributed by atoms with E-state index >= 15 is 0 Å². The van der Waals surface area contributed by atoms with Gasteiger partial charge in [-0.15, -0.1) is 0 Å². The first-order valence-corrected chi connectivity index (χ1v) is 8.17.